The lowest BCUT2D eigenvalue weighted by Crippen LogP contribution is -2.09. The molecule has 1 aromatic rings. The summed E-state index contributed by atoms with van der Waals surface area (Å²) in [6.07, 6.45) is 2.93. The first-order valence-electron chi connectivity index (χ1n) is 6.80. The molecule has 120 valence electrons. The zero-order chi connectivity index (χ0) is 15.9. The summed E-state index contributed by atoms with van der Waals surface area (Å²) in [4.78, 5) is -0.0874. The first-order chi connectivity index (χ1) is 9.92. The van der Waals surface area contributed by atoms with E-state index < -0.39 is 10.1 Å². The molecule has 2 N–H and O–H groups in total. The average molecular weight is 318 g/mol. The van der Waals surface area contributed by atoms with Gasteiger partial charge in [-0.3, -0.25) is 4.18 Å². The van der Waals surface area contributed by atoms with Gasteiger partial charge >= 0.3 is 10.1 Å². The summed E-state index contributed by atoms with van der Waals surface area (Å²) in [7, 11) is -2.59. The number of ether oxygens (including phenoxy) is 1. The van der Waals surface area contributed by atoms with Gasteiger partial charge in [0, 0.05) is 12.7 Å². The van der Waals surface area contributed by atoms with E-state index in [9.17, 15) is 13.5 Å². The van der Waals surface area contributed by atoms with E-state index >= 15 is 0 Å². The van der Waals surface area contributed by atoms with E-state index in [0.717, 1.165) is 12.8 Å². The predicted molar refractivity (Wildman–Crippen MR) is 78.1 cm³/mol. The number of aliphatic hydroxyl groups excluding tert-OH is 1. The molecule has 0 aromatic heterocycles. The molecule has 0 aliphatic heterocycles. The van der Waals surface area contributed by atoms with Gasteiger partial charge in [-0.15, -0.1) is 0 Å². The fraction of sp³-hybridized carbons (Fsp3) is 0.571. The van der Waals surface area contributed by atoms with E-state index in [1.807, 2.05) is 0 Å². The van der Waals surface area contributed by atoms with Crippen LogP contribution in [0.5, 0.6) is 11.5 Å². The number of hydrogen-bond acceptors (Lipinski definition) is 6. The minimum atomic E-state index is -3.92. The van der Waals surface area contributed by atoms with Crippen LogP contribution in [0.3, 0.4) is 0 Å². The molecule has 0 radical (unpaired) electrons. The summed E-state index contributed by atoms with van der Waals surface area (Å²) in [5.74, 6) is 0.0215. The highest BCUT2D eigenvalue weighted by Gasteiger charge is 2.22. The van der Waals surface area contributed by atoms with Crippen LogP contribution < -0.4 is 4.74 Å². The summed E-state index contributed by atoms with van der Waals surface area (Å²) < 4.78 is 34.2. The van der Waals surface area contributed by atoms with Crippen LogP contribution in [0.1, 0.15) is 31.2 Å². The number of phenols is 1. The second kappa shape index (κ2) is 8.21. The van der Waals surface area contributed by atoms with Gasteiger partial charge in [0.15, 0.2) is 0 Å². The molecule has 0 fully saturated rings. The van der Waals surface area contributed by atoms with Crippen molar-refractivity contribution in [2.24, 2.45) is 0 Å². The number of hydrogen-bond donors (Lipinski definition) is 2. The molecule has 6 nitrogen and oxygen atoms in total. The van der Waals surface area contributed by atoms with E-state index in [2.05, 4.69) is 0 Å². The van der Waals surface area contributed by atoms with Crippen molar-refractivity contribution >= 4 is 10.1 Å². The van der Waals surface area contributed by atoms with E-state index in [4.69, 9.17) is 14.0 Å². The van der Waals surface area contributed by atoms with E-state index in [0.29, 0.717) is 18.4 Å². The zero-order valence-corrected chi connectivity index (χ0v) is 13.1. The van der Waals surface area contributed by atoms with Crippen molar-refractivity contribution in [1.29, 1.82) is 0 Å². The monoisotopic (exact) mass is 318 g/mol. The lowest BCUT2D eigenvalue weighted by Gasteiger charge is -2.11. The number of aliphatic hydroxyl groups is 1. The second-order valence-electron chi connectivity index (χ2n) is 4.70. The lowest BCUT2D eigenvalue weighted by atomic mass is 10.2. The molecule has 0 spiro atoms. The Morgan fingerprint density at radius 1 is 1.14 bits per heavy atom. The molecular formula is C14H22O6S. The van der Waals surface area contributed by atoms with Gasteiger partial charge < -0.3 is 14.9 Å². The standard InChI is InChI=1S/C14H22O6S/c1-11-9-14(13(19-2)10-12(11)16)21(17,18)20-8-6-4-3-5-7-15/h9-10,15-16H,3-8H2,1-2H3. The highest BCUT2D eigenvalue weighted by Crippen LogP contribution is 2.32. The Morgan fingerprint density at radius 2 is 1.81 bits per heavy atom. The molecule has 0 saturated heterocycles. The summed E-state index contributed by atoms with van der Waals surface area (Å²) in [6, 6.07) is 2.59. The van der Waals surface area contributed by atoms with Crippen molar-refractivity contribution in [2.75, 3.05) is 20.3 Å². The van der Waals surface area contributed by atoms with Crippen molar-refractivity contribution < 1.29 is 27.6 Å². The summed E-state index contributed by atoms with van der Waals surface area (Å²) in [5, 5.41) is 18.2. The molecule has 0 saturated carbocycles. The number of methoxy groups -OCH3 is 1. The van der Waals surface area contributed by atoms with Gasteiger partial charge in [0.1, 0.15) is 16.4 Å². The third kappa shape index (κ3) is 5.18. The Labute approximate surface area is 125 Å². The van der Waals surface area contributed by atoms with Crippen LogP contribution in [0.4, 0.5) is 0 Å². The molecule has 0 amide bonds. The molecule has 0 aliphatic carbocycles. The van der Waals surface area contributed by atoms with Crippen LogP contribution in [0.15, 0.2) is 17.0 Å². The molecule has 7 heteroatoms. The molecule has 0 aliphatic rings. The number of rotatable bonds is 9. The van der Waals surface area contributed by atoms with Crippen molar-refractivity contribution in [3.63, 3.8) is 0 Å². The van der Waals surface area contributed by atoms with E-state index in [1.165, 1.54) is 19.2 Å². The smallest absolute Gasteiger partial charge is 0.300 e. The van der Waals surface area contributed by atoms with Gasteiger partial charge in [-0.25, -0.2) is 0 Å². The Kier molecular flexibility index (Phi) is 6.94. The van der Waals surface area contributed by atoms with Crippen LogP contribution in [0, 0.1) is 6.92 Å². The highest BCUT2D eigenvalue weighted by atomic mass is 32.2. The number of benzene rings is 1. The maximum Gasteiger partial charge on any atom is 0.300 e. The number of phenolic OH excluding ortho intramolecular Hbond substituents is 1. The second-order valence-corrected chi connectivity index (χ2v) is 6.29. The minimum Gasteiger partial charge on any atom is -0.508 e. The normalized spacial score (nSPS) is 11.6. The van der Waals surface area contributed by atoms with Crippen LogP contribution in [0.2, 0.25) is 0 Å². The highest BCUT2D eigenvalue weighted by molar-refractivity contribution is 7.86. The van der Waals surface area contributed by atoms with Gasteiger partial charge in [-0.05, 0) is 31.4 Å². The average Bonchev–Trinajstić information content (AvgIpc) is 2.45. The number of aromatic hydroxyl groups is 1. The molecule has 0 heterocycles. The fourth-order valence-corrected chi connectivity index (χ4v) is 2.98. The summed E-state index contributed by atoms with van der Waals surface area (Å²) in [6.45, 7) is 1.82. The summed E-state index contributed by atoms with van der Waals surface area (Å²) in [5.41, 5.74) is 0.431. The van der Waals surface area contributed by atoms with Gasteiger partial charge in [0.05, 0.1) is 13.7 Å². The largest absolute Gasteiger partial charge is 0.508 e. The molecule has 0 unspecified atom stereocenters. The molecule has 21 heavy (non-hydrogen) atoms. The maximum absolute atomic E-state index is 12.1. The van der Waals surface area contributed by atoms with Crippen LogP contribution in [-0.2, 0) is 14.3 Å². The topological polar surface area (TPSA) is 93.1 Å². The van der Waals surface area contributed by atoms with E-state index in [-0.39, 0.29) is 29.6 Å². The van der Waals surface area contributed by atoms with Gasteiger partial charge in [-0.2, -0.15) is 8.42 Å². The third-order valence-electron chi connectivity index (χ3n) is 3.04. The quantitative estimate of drug-likeness (QED) is 0.534. The van der Waals surface area contributed by atoms with Gasteiger partial charge in [-0.1, -0.05) is 12.8 Å². The lowest BCUT2D eigenvalue weighted by molar-refractivity contribution is 0.273. The van der Waals surface area contributed by atoms with Crippen molar-refractivity contribution in [1.82, 2.24) is 0 Å². The minimum absolute atomic E-state index is 0.0326. The van der Waals surface area contributed by atoms with Crippen molar-refractivity contribution in [2.45, 2.75) is 37.5 Å². The molecule has 0 atom stereocenters. The van der Waals surface area contributed by atoms with Crippen molar-refractivity contribution in [3.05, 3.63) is 17.7 Å². The molecule has 1 aromatic carbocycles. The number of aryl methyl sites for hydroxylation is 1. The molecule has 0 bridgehead atoms. The Hall–Kier alpha value is -1.31. The Morgan fingerprint density at radius 3 is 2.43 bits per heavy atom. The predicted octanol–water partition coefficient (Wildman–Crippen LogP) is 1.97. The Balaban J connectivity index is 2.72. The number of unbranched alkanes of at least 4 members (excludes halogenated alkanes) is 3. The van der Waals surface area contributed by atoms with Crippen molar-refractivity contribution in [3.8, 4) is 11.5 Å². The summed E-state index contributed by atoms with van der Waals surface area (Å²) >= 11 is 0. The zero-order valence-electron chi connectivity index (χ0n) is 12.3. The molecule has 1 rings (SSSR count). The fourth-order valence-electron chi connectivity index (χ4n) is 1.81. The SMILES string of the molecule is COc1cc(O)c(C)cc1S(=O)(=O)OCCCCCCO. The van der Waals surface area contributed by atoms with Gasteiger partial charge in [0.25, 0.3) is 0 Å². The maximum atomic E-state index is 12.1. The first-order valence-corrected chi connectivity index (χ1v) is 8.21. The Bertz CT molecular complexity index is 553. The van der Waals surface area contributed by atoms with Crippen LogP contribution in [-0.4, -0.2) is 39.0 Å². The van der Waals surface area contributed by atoms with E-state index in [1.54, 1.807) is 6.92 Å². The van der Waals surface area contributed by atoms with Crippen LogP contribution in [0.25, 0.3) is 0 Å². The van der Waals surface area contributed by atoms with Gasteiger partial charge in [0.2, 0.25) is 0 Å². The molecular weight excluding hydrogens is 296 g/mol. The van der Waals surface area contributed by atoms with Crippen LogP contribution >= 0.6 is 0 Å². The third-order valence-corrected chi connectivity index (χ3v) is 4.38. The first kappa shape index (κ1) is 17.7.